The maximum absolute atomic E-state index is 11.3. The van der Waals surface area contributed by atoms with Crippen LogP contribution in [0.25, 0.3) is 0 Å². The number of anilines is 2. The van der Waals surface area contributed by atoms with Crippen LogP contribution in [-0.4, -0.2) is 17.4 Å². The first-order valence-electron chi connectivity index (χ1n) is 6.35. The van der Waals surface area contributed by atoms with Gasteiger partial charge in [0.05, 0.1) is 6.54 Å². The van der Waals surface area contributed by atoms with Crippen molar-refractivity contribution in [3.05, 3.63) is 53.9 Å². The number of primary amides is 1. The van der Waals surface area contributed by atoms with Gasteiger partial charge in [-0.15, -0.1) is 0 Å². The Balaban J connectivity index is 2.26. The molecule has 1 amide bonds. The lowest BCUT2D eigenvalue weighted by atomic mass is 10.1. The van der Waals surface area contributed by atoms with Crippen LogP contribution in [0.1, 0.15) is 11.3 Å². The molecular weight excluding hydrogens is 252 g/mol. The molecule has 0 fully saturated rings. The summed E-state index contributed by atoms with van der Waals surface area (Å²) in [7, 11) is 0. The molecule has 5 heteroatoms. The fourth-order valence-corrected chi connectivity index (χ4v) is 2.07. The number of nitrogens with two attached hydrogens (primary N) is 2. The van der Waals surface area contributed by atoms with Gasteiger partial charge in [-0.05, 0) is 36.8 Å². The molecule has 4 N–H and O–H groups in total. The summed E-state index contributed by atoms with van der Waals surface area (Å²) >= 11 is 0. The van der Waals surface area contributed by atoms with E-state index in [2.05, 4.69) is 4.98 Å². The zero-order valence-electron chi connectivity index (χ0n) is 11.4. The fourth-order valence-electron chi connectivity index (χ4n) is 2.07. The van der Waals surface area contributed by atoms with Crippen LogP contribution in [0.2, 0.25) is 0 Å². The first kappa shape index (κ1) is 13.9. The van der Waals surface area contributed by atoms with E-state index in [-0.39, 0.29) is 12.5 Å². The molecule has 0 bridgehead atoms. The molecular formula is C15H18N4O. The molecule has 0 aliphatic heterocycles. The summed E-state index contributed by atoms with van der Waals surface area (Å²) in [6.07, 6.45) is 1.72. The predicted molar refractivity (Wildman–Crippen MR) is 80.1 cm³/mol. The Morgan fingerprint density at radius 3 is 2.75 bits per heavy atom. The summed E-state index contributed by atoms with van der Waals surface area (Å²) in [6.45, 7) is 2.63. The fraction of sp³-hybridized carbons (Fsp3) is 0.200. The minimum atomic E-state index is -0.372. The second kappa shape index (κ2) is 6.06. The Kier molecular flexibility index (Phi) is 4.20. The molecule has 1 aromatic carbocycles. The Morgan fingerprint density at radius 1 is 1.30 bits per heavy atom. The van der Waals surface area contributed by atoms with E-state index in [9.17, 15) is 4.79 Å². The highest BCUT2D eigenvalue weighted by atomic mass is 16.1. The summed E-state index contributed by atoms with van der Waals surface area (Å²) in [5.41, 5.74) is 14.6. The van der Waals surface area contributed by atoms with Gasteiger partial charge in [0.25, 0.3) is 0 Å². The molecule has 1 aromatic heterocycles. The van der Waals surface area contributed by atoms with Crippen LogP contribution in [0.5, 0.6) is 0 Å². The highest BCUT2D eigenvalue weighted by Crippen LogP contribution is 2.18. The average molecular weight is 270 g/mol. The van der Waals surface area contributed by atoms with Crippen LogP contribution in [0.4, 0.5) is 11.4 Å². The third-order valence-electron chi connectivity index (χ3n) is 2.92. The van der Waals surface area contributed by atoms with Crippen LogP contribution >= 0.6 is 0 Å². The van der Waals surface area contributed by atoms with Crippen molar-refractivity contribution < 1.29 is 4.79 Å². The lowest BCUT2D eigenvalue weighted by Crippen LogP contribution is -2.33. The number of aryl methyl sites for hydroxylation is 1. The van der Waals surface area contributed by atoms with Crippen molar-refractivity contribution in [2.45, 2.75) is 13.5 Å². The molecule has 0 spiro atoms. The number of aromatic nitrogens is 1. The number of rotatable bonds is 5. The molecule has 5 nitrogen and oxygen atoms in total. The summed E-state index contributed by atoms with van der Waals surface area (Å²) in [6, 6.07) is 11.4. The van der Waals surface area contributed by atoms with Gasteiger partial charge in [0.15, 0.2) is 0 Å². The molecule has 20 heavy (non-hydrogen) atoms. The molecule has 0 saturated heterocycles. The van der Waals surface area contributed by atoms with Crippen molar-refractivity contribution >= 4 is 17.3 Å². The van der Waals surface area contributed by atoms with E-state index in [0.29, 0.717) is 12.2 Å². The van der Waals surface area contributed by atoms with Crippen LogP contribution in [0, 0.1) is 6.92 Å². The lowest BCUT2D eigenvalue weighted by molar-refractivity contribution is -0.116. The van der Waals surface area contributed by atoms with Crippen molar-refractivity contribution in [2.24, 2.45) is 5.73 Å². The van der Waals surface area contributed by atoms with Gasteiger partial charge in [-0.2, -0.15) is 0 Å². The van der Waals surface area contributed by atoms with Gasteiger partial charge in [-0.1, -0.05) is 12.1 Å². The zero-order chi connectivity index (χ0) is 14.5. The maximum atomic E-state index is 11.3. The molecule has 0 radical (unpaired) electrons. The summed E-state index contributed by atoms with van der Waals surface area (Å²) in [5.74, 6) is -0.372. The maximum Gasteiger partial charge on any atom is 0.236 e. The average Bonchev–Trinajstić information content (AvgIpc) is 2.37. The first-order chi connectivity index (χ1) is 9.54. The highest BCUT2D eigenvalue weighted by Gasteiger charge is 2.11. The van der Waals surface area contributed by atoms with Gasteiger partial charge in [-0.3, -0.25) is 9.78 Å². The van der Waals surface area contributed by atoms with Gasteiger partial charge in [0, 0.05) is 29.8 Å². The smallest absolute Gasteiger partial charge is 0.236 e. The van der Waals surface area contributed by atoms with E-state index in [1.54, 1.807) is 6.20 Å². The van der Waals surface area contributed by atoms with Gasteiger partial charge in [-0.25, -0.2) is 0 Å². The van der Waals surface area contributed by atoms with Crippen molar-refractivity contribution in [1.29, 1.82) is 0 Å². The second-order valence-electron chi connectivity index (χ2n) is 4.72. The van der Waals surface area contributed by atoms with Gasteiger partial charge >= 0.3 is 0 Å². The van der Waals surface area contributed by atoms with Crippen molar-refractivity contribution in [1.82, 2.24) is 4.98 Å². The van der Waals surface area contributed by atoms with Crippen LogP contribution in [0.3, 0.4) is 0 Å². The zero-order valence-corrected chi connectivity index (χ0v) is 11.4. The molecule has 2 rings (SSSR count). The highest BCUT2D eigenvalue weighted by molar-refractivity contribution is 5.79. The minimum Gasteiger partial charge on any atom is -0.399 e. The number of benzene rings is 1. The van der Waals surface area contributed by atoms with E-state index < -0.39 is 0 Å². The van der Waals surface area contributed by atoms with Crippen LogP contribution in [0.15, 0.2) is 42.6 Å². The number of amides is 1. The number of nitrogens with zero attached hydrogens (tertiary/aromatic N) is 2. The summed E-state index contributed by atoms with van der Waals surface area (Å²) in [5, 5.41) is 0. The number of hydrogen-bond acceptors (Lipinski definition) is 4. The molecule has 104 valence electrons. The number of hydrogen-bond donors (Lipinski definition) is 2. The number of carbonyl (C=O) groups excluding carboxylic acids is 1. The van der Waals surface area contributed by atoms with E-state index in [1.165, 1.54) is 0 Å². The second-order valence-corrected chi connectivity index (χ2v) is 4.72. The molecule has 0 saturated carbocycles. The molecule has 0 aliphatic carbocycles. The van der Waals surface area contributed by atoms with Gasteiger partial charge in [0.1, 0.15) is 0 Å². The largest absolute Gasteiger partial charge is 0.399 e. The molecule has 0 unspecified atom stereocenters. The lowest BCUT2D eigenvalue weighted by Gasteiger charge is -2.23. The molecule has 0 aliphatic rings. The third-order valence-corrected chi connectivity index (χ3v) is 2.92. The predicted octanol–water partition coefficient (Wildman–Crippen LogP) is 1.46. The van der Waals surface area contributed by atoms with E-state index >= 15 is 0 Å². The van der Waals surface area contributed by atoms with Crippen molar-refractivity contribution in [3.8, 4) is 0 Å². The Hall–Kier alpha value is -2.56. The Morgan fingerprint density at radius 2 is 2.10 bits per heavy atom. The third kappa shape index (κ3) is 3.71. The van der Waals surface area contributed by atoms with Crippen LogP contribution in [-0.2, 0) is 11.3 Å². The topological polar surface area (TPSA) is 85.2 Å². The normalized spacial score (nSPS) is 10.2. The van der Waals surface area contributed by atoms with Gasteiger partial charge < -0.3 is 16.4 Å². The number of nitrogen functional groups attached to an aromatic ring is 1. The minimum absolute atomic E-state index is 0.151. The van der Waals surface area contributed by atoms with Gasteiger partial charge in [0.2, 0.25) is 5.91 Å². The number of pyridine rings is 1. The monoisotopic (exact) mass is 270 g/mol. The standard InChI is InChI=1S/C15H18N4O/c1-11-7-14(5-6-18-11)19(10-15(17)20)9-12-3-2-4-13(16)8-12/h2-8H,9-10,16H2,1H3,(H2,17,20). The number of carbonyl (C=O) groups is 1. The summed E-state index contributed by atoms with van der Waals surface area (Å²) in [4.78, 5) is 17.3. The van der Waals surface area contributed by atoms with Crippen molar-refractivity contribution in [3.63, 3.8) is 0 Å². The van der Waals surface area contributed by atoms with Crippen LogP contribution < -0.4 is 16.4 Å². The quantitative estimate of drug-likeness (QED) is 0.805. The Bertz CT molecular complexity index is 612. The molecule has 2 aromatic rings. The van der Waals surface area contributed by atoms with E-state index in [0.717, 1.165) is 16.9 Å². The Labute approximate surface area is 118 Å². The molecule has 1 heterocycles. The van der Waals surface area contributed by atoms with Crippen molar-refractivity contribution in [2.75, 3.05) is 17.2 Å². The summed E-state index contributed by atoms with van der Waals surface area (Å²) < 4.78 is 0. The first-order valence-corrected chi connectivity index (χ1v) is 6.35. The molecule has 0 atom stereocenters. The SMILES string of the molecule is Cc1cc(N(CC(N)=O)Cc2cccc(N)c2)ccn1. The van der Waals surface area contributed by atoms with E-state index in [4.69, 9.17) is 11.5 Å². The van der Waals surface area contributed by atoms with E-state index in [1.807, 2.05) is 48.2 Å².